The first-order valence-corrected chi connectivity index (χ1v) is 14.4. The Bertz CT molecular complexity index is 1200. The number of carbonyl (C=O) groups is 2. The fourth-order valence-corrected chi connectivity index (χ4v) is 4.94. The van der Waals surface area contributed by atoms with Crippen LogP contribution in [0, 0.1) is 6.92 Å². The summed E-state index contributed by atoms with van der Waals surface area (Å²) in [4.78, 5) is 27.8. The van der Waals surface area contributed by atoms with Crippen molar-refractivity contribution >= 4 is 27.5 Å². The van der Waals surface area contributed by atoms with Crippen LogP contribution in [0.3, 0.4) is 0 Å². The molecule has 0 aliphatic carbocycles. The van der Waals surface area contributed by atoms with E-state index in [-0.39, 0.29) is 50.6 Å². The molecule has 2 aromatic carbocycles. The minimum Gasteiger partial charge on any atom is -0.454 e. The predicted octanol–water partition coefficient (Wildman–Crippen LogP) is 3.60. The van der Waals surface area contributed by atoms with E-state index >= 15 is 0 Å². The van der Waals surface area contributed by atoms with Gasteiger partial charge in [-0.05, 0) is 51.3 Å². The summed E-state index contributed by atoms with van der Waals surface area (Å²) in [5.41, 5.74) is 2.46. The molecule has 3 rings (SSSR count). The van der Waals surface area contributed by atoms with Gasteiger partial charge in [0.05, 0.1) is 11.9 Å². The molecule has 1 N–H and O–H groups in total. The van der Waals surface area contributed by atoms with Crippen molar-refractivity contribution in [3.8, 4) is 11.5 Å². The molecular weight excluding hydrogens is 494 g/mol. The fourth-order valence-electron chi connectivity index (χ4n) is 3.98. The van der Waals surface area contributed by atoms with Crippen LogP contribution in [-0.4, -0.2) is 56.8 Å². The van der Waals surface area contributed by atoms with Gasteiger partial charge in [0.1, 0.15) is 6.04 Å². The van der Waals surface area contributed by atoms with Crippen LogP contribution in [0.1, 0.15) is 51.2 Å². The van der Waals surface area contributed by atoms with Gasteiger partial charge in [-0.2, -0.15) is 0 Å². The minimum absolute atomic E-state index is 0.00343. The average molecular weight is 532 g/mol. The molecule has 2 atom stereocenters. The lowest BCUT2D eigenvalue weighted by Gasteiger charge is -2.30. The van der Waals surface area contributed by atoms with Gasteiger partial charge in [0.25, 0.3) is 0 Å². The number of amides is 2. The zero-order chi connectivity index (χ0) is 27.2. The Morgan fingerprint density at radius 2 is 1.73 bits per heavy atom. The Labute approximate surface area is 219 Å². The van der Waals surface area contributed by atoms with E-state index in [4.69, 9.17) is 9.47 Å². The van der Waals surface area contributed by atoms with Gasteiger partial charge in [-0.3, -0.25) is 13.9 Å². The lowest BCUT2D eigenvalue weighted by Crippen LogP contribution is -2.49. The lowest BCUT2D eigenvalue weighted by molar-refractivity contribution is -0.140. The number of nitrogens with zero attached hydrogens (tertiary/aromatic N) is 2. The summed E-state index contributed by atoms with van der Waals surface area (Å²) < 4.78 is 37.0. The van der Waals surface area contributed by atoms with Crippen LogP contribution in [0.2, 0.25) is 0 Å². The van der Waals surface area contributed by atoms with Gasteiger partial charge in [-0.25, -0.2) is 8.42 Å². The van der Waals surface area contributed by atoms with Gasteiger partial charge in [0.2, 0.25) is 28.6 Å². The molecule has 10 heteroatoms. The monoisotopic (exact) mass is 531 g/mol. The van der Waals surface area contributed by atoms with E-state index in [9.17, 15) is 18.0 Å². The third-order valence-electron chi connectivity index (χ3n) is 6.44. The highest BCUT2D eigenvalue weighted by atomic mass is 32.2. The first-order valence-electron chi connectivity index (χ1n) is 12.5. The molecular formula is C27H37N3O6S. The lowest BCUT2D eigenvalue weighted by atomic mass is 10.1. The van der Waals surface area contributed by atoms with E-state index in [0.29, 0.717) is 17.2 Å². The molecule has 0 saturated carbocycles. The summed E-state index contributed by atoms with van der Waals surface area (Å²) in [6.45, 7) is 8.10. The first-order chi connectivity index (χ1) is 17.5. The number of hydrogen-bond donors (Lipinski definition) is 1. The van der Waals surface area contributed by atoms with Crippen molar-refractivity contribution in [2.24, 2.45) is 0 Å². The second-order valence-corrected chi connectivity index (χ2v) is 11.4. The Kier molecular flexibility index (Phi) is 9.42. The zero-order valence-corrected chi connectivity index (χ0v) is 23.0. The molecule has 1 heterocycles. The number of carbonyl (C=O) groups excluding carboxylic acids is 2. The van der Waals surface area contributed by atoms with Crippen LogP contribution in [0.15, 0.2) is 42.5 Å². The largest absolute Gasteiger partial charge is 0.454 e. The number of fused-ring (bicyclic) bond motifs is 1. The summed E-state index contributed by atoms with van der Waals surface area (Å²) in [5.74, 6) is 0.607. The Morgan fingerprint density at radius 1 is 1.05 bits per heavy atom. The number of nitrogens with one attached hydrogen (secondary N) is 1. The van der Waals surface area contributed by atoms with Crippen molar-refractivity contribution in [2.45, 2.75) is 65.6 Å². The third kappa shape index (κ3) is 7.61. The Hall–Kier alpha value is -3.27. The average Bonchev–Trinajstić information content (AvgIpc) is 3.32. The number of benzene rings is 2. The Morgan fingerprint density at radius 3 is 2.38 bits per heavy atom. The molecule has 0 spiro atoms. The number of anilines is 1. The van der Waals surface area contributed by atoms with Crippen molar-refractivity contribution in [2.75, 3.05) is 23.9 Å². The Balaban J connectivity index is 1.72. The molecule has 0 unspecified atom stereocenters. The highest BCUT2D eigenvalue weighted by Crippen LogP contribution is 2.36. The van der Waals surface area contributed by atoms with Crippen molar-refractivity contribution in [1.82, 2.24) is 10.2 Å². The maximum atomic E-state index is 13.4. The van der Waals surface area contributed by atoms with Crippen LogP contribution in [-0.2, 0) is 26.2 Å². The minimum atomic E-state index is -3.60. The van der Waals surface area contributed by atoms with Gasteiger partial charge in [-0.1, -0.05) is 36.8 Å². The number of rotatable bonds is 12. The van der Waals surface area contributed by atoms with Gasteiger partial charge in [0, 0.05) is 31.6 Å². The zero-order valence-electron chi connectivity index (χ0n) is 22.2. The molecule has 0 aromatic heterocycles. The number of ether oxygens (including phenoxy) is 2. The van der Waals surface area contributed by atoms with E-state index in [2.05, 4.69) is 5.32 Å². The van der Waals surface area contributed by atoms with Crippen molar-refractivity contribution in [1.29, 1.82) is 0 Å². The second-order valence-electron chi connectivity index (χ2n) is 9.48. The fraction of sp³-hybridized carbons (Fsp3) is 0.481. The highest BCUT2D eigenvalue weighted by Gasteiger charge is 2.27. The van der Waals surface area contributed by atoms with Crippen LogP contribution in [0.25, 0.3) is 0 Å². The second kappa shape index (κ2) is 12.3. The van der Waals surface area contributed by atoms with E-state index in [0.717, 1.165) is 23.8 Å². The number of hydrogen-bond acceptors (Lipinski definition) is 6. The normalized spacial score (nSPS) is 14.1. The summed E-state index contributed by atoms with van der Waals surface area (Å²) in [7, 11) is -3.60. The molecule has 0 saturated heterocycles. The highest BCUT2D eigenvalue weighted by molar-refractivity contribution is 7.92. The maximum absolute atomic E-state index is 13.4. The molecule has 0 bridgehead atoms. The molecule has 0 fully saturated rings. The molecule has 0 radical (unpaired) electrons. The van der Waals surface area contributed by atoms with Gasteiger partial charge >= 0.3 is 0 Å². The summed E-state index contributed by atoms with van der Waals surface area (Å²) in [6, 6.07) is 12.1. The van der Waals surface area contributed by atoms with Crippen LogP contribution in [0.5, 0.6) is 11.5 Å². The molecule has 1 aliphatic heterocycles. The van der Waals surface area contributed by atoms with Crippen molar-refractivity contribution in [3.05, 3.63) is 53.6 Å². The van der Waals surface area contributed by atoms with Gasteiger partial charge in [-0.15, -0.1) is 0 Å². The summed E-state index contributed by atoms with van der Waals surface area (Å²) >= 11 is 0. The molecule has 2 aromatic rings. The predicted molar refractivity (Wildman–Crippen MR) is 143 cm³/mol. The third-order valence-corrected chi connectivity index (χ3v) is 7.63. The SMILES string of the molecule is CC[C@@H](C)NC(=O)[C@@H](C)N(Cc1ccc(C)cc1)C(=O)CCCN(c1ccc2c(c1)OCO2)S(C)(=O)=O. The topological polar surface area (TPSA) is 105 Å². The van der Waals surface area contributed by atoms with E-state index in [1.165, 1.54) is 4.31 Å². The smallest absolute Gasteiger partial charge is 0.242 e. The van der Waals surface area contributed by atoms with Gasteiger partial charge < -0.3 is 19.7 Å². The molecule has 2 amide bonds. The van der Waals surface area contributed by atoms with Crippen LogP contribution in [0.4, 0.5) is 5.69 Å². The summed E-state index contributed by atoms with van der Waals surface area (Å²) in [5, 5.41) is 2.95. The maximum Gasteiger partial charge on any atom is 0.242 e. The quantitative estimate of drug-likeness (QED) is 0.449. The number of aryl methyl sites for hydroxylation is 1. The first kappa shape index (κ1) is 28.3. The molecule has 1 aliphatic rings. The molecule has 9 nitrogen and oxygen atoms in total. The summed E-state index contributed by atoms with van der Waals surface area (Å²) in [6.07, 6.45) is 2.28. The molecule has 202 valence electrons. The van der Waals surface area contributed by atoms with E-state index < -0.39 is 16.1 Å². The van der Waals surface area contributed by atoms with Crippen LogP contribution < -0.4 is 19.1 Å². The van der Waals surface area contributed by atoms with Gasteiger partial charge in [0.15, 0.2) is 11.5 Å². The van der Waals surface area contributed by atoms with Crippen molar-refractivity contribution < 1.29 is 27.5 Å². The van der Waals surface area contributed by atoms with E-state index in [1.807, 2.05) is 45.0 Å². The number of sulfonamides is 1. The van der Waals surface area contributed by atoms with Crippen molar-refractivity contribution in [3.63, 3.8) is 0 Å². The molecule has 37 heavy (non-hydrogen) atoms. The van der Waals surface area contributed by atoms with E-state index in [1.54, 1.807) is 30.0 Å². The van der Waals surface area contributed by atoms with Crippen LogP contribution >= 0.6 is 0 Å². The standard InChI is InChI=1S/C27H37N3O6S/c1-6-20(3)28-27(32)21(4)29(17-22-11-9-19(2)10-12-22)26(31)8-7-15-30(37(5,33)34)23-13-14-24-25(16-23)36-18-35-24/h9-14,16,20-21H,6-8,15,17-18H2,1-5H3,(H,28,32)/t20-,21-/m1/s1.